The average Bonchev–Trinajstić information content (AvgIpc) is 3.09. The van der Waals surface area contributed by atoms with Crippen LogP contribution in [-0.2, 0) is 11.3 Å². The lowest BCUT2D eigenvalue weighted by molar-refractivity contribution is 0.000117. The first-order chi connectivity index (χ1) is 13.6. The summed E-state index contributed by atoms with van der Waals surface area (Å²) in [5.74, 6) is 1.17. The number of piperidine rings is 1. The molecule has 0 saturated carbocycles. The minimum atomic E-state index is -0.390. The monoisotopic (exact) mass is 389 g/mol. The number of benzene rings is 1. The van der Waals surface area contributed by atoms with Crippen LogP contribution in [-0.4, -0.2) is 67.3 Å². The summed E-state index contributed by atoms with van der Waals surface area (Å²) in [5.41, 5.74) is 1.25. The first-order valence-electron chi connectivity index (χ1n) is 9.98. The Morgan fingerprint density at radius 3 is 2.61 bits per heavy atom. The topological polar surface area (TPSA) is 51.0 Å². The molecule has 0 amide bonds. The number of rotatable bonds is 5. The zero-order chi connectivity index (χ0) is 19.5. The van der Waals surface area contributed by atoms with E-state index in [1.165, 1.54) is 13.2 Å². The highest BCUT2D eigenvalue weighted by atomic mass is 19.1. The highest BCUT2D eigenvalue weighted by Crippen LogP contribution is 2.28. The normalized spacial score (nSPS) is 19.8. The Balaban J connectivity index is 1.38. The Bertz CT molecular complexity index is 796. The van der Waals surface area contributed by atoms with Crippen molar-refractivity contribution in [2.75, 3.05) is 46.5 Å². The Hall–Kier alpha value is -1.96. The first kappa shape index (κ1) is 19.4. The van der Waals surface area contributed by atoms with E-state index in [0.29, 0.717) is 23.2 Å². The molecule has 2 aliphatic rings. The summed E-state index contributed by atoms with van der Waals surface area (Å²) in [6, 6.07) is 5.37. The van der Waals surface area contributed by atoms with Crippen molar-refractivity contribution in [2.24, 2.45) is 0 Å². The fraction of sp³-hybridized carbons (Fsp3) is 0.571. The van der Waals surface area contributed by atoms with Gasteiger partial charge >= 0.3 is 0 Å². The van der Waals surface area contributed by atoms with E-state index in [4.69, 9.17) is 13.9 Å². The van der Waals surface area contributed by atoms with Gasteiger partial charge in [-0.15, -0.1) is 0 Å². The van der Waals surface area contributed by atoms with Crippen LogP contribution in [0.2, 0.25) is 0 Å². The molecular formula is C21H28FN3O3. The molecule has 0 atom stereocenters. The molecule has 6 nitrogen and oxygen atoms in total. The molecule has 0 spiro atoms. The number of aromatic nitrogens is 1. The van der Waals surface area contributed by atoms with Crippen LogP contribution in [0.25, 0.3) is 11.5 Å². The summed E-state index contributed by atoms with van der Waals surface area (Å²) in [6.45, 7) is 8.51. The third-order valence-corrected chi connectivity index (χ3v) is 5.79. The molecule has 2 saturated heterocycles. The van der Waals surface area contributed by atoms with Gasteiger partial charge in [0.25, 0.3) is 0 Å². The Morgan fingerprint density at radius 2 is 1.93 bits per heavy atom. The number of ether oxygens (including phenoxy) is 2. The van der Waals surface area contributed by atoms with Crippen LogP contribution >= 0.6 is 0 Å². The molecule has 1 aromatic carbocycles. The fourth-order valence-electron chi connectivity index (χ4n) is 4.08. The summed E-state index contributed by atoms with van der Waals surface area (Å²) < 4.78 is 30.6. The van der Waals surface area contributed by atoms with E-state index in [1.54, 1.807) is 12.1 Å². The van der Waals surface area contributed by atoms with Gasteiger partial charge in [-0.2, -0.15) is 0 Å². The number of halogens is 1. The van der Waals surface area contributed by atoms with Gasteiger partial charge in [-0.05, 0) is 31.9 Å². The van der Waals surface area contributed by atoms with Gasteiger partial charge in [-0.25, -0.2) is 9.37 Å². The second kappa shape index (κ2) is 8.59. The molecule has 2 aliphatic heterocycles. The van der Waals surface area contributed by atoms with E-state index in [9.17, 15) is 4.39 Å². The summed E-state index contributed by atoms with van der Waals surface area (Å²) in [7, 11) is 1.52. The van der Waals surface area contributed by atoms with E-state index in [0.717, 1.165) is 70.2 Å². The minimum absolute atomic E-state index is 0.329. The van der Waals surface area contributed by atoms with E-state index >= 15 is 0 Å². The molecule has 0 radical (unpaired) electrons. The van der Waals surface area contributed by atoms with E-state index in [1.807, 2.05) is 6.92 Å². The maximum absolute atomic E-state index is 14.3. The van der Waals surface area contributed by atoms with Crippen molar-refractivity contribution >= 4 is 0 Å². The Morgan fingerprint density at radius 1 is 1.18 bits per heavy atom. The fourth-order valence-corrected chi connectivity index (χ4v) is 4.08. The van der Waals surface area contributed by atoms with Crippen molar-refractivity contribution in [3.63, 3.8) is 0 Å². The van der Waals surface area contributed by atoms with E-state index in [2.05, 4.69) is 14.8 Å². The molecule has 3 heterocycles. The zero-order valence-electron chi connectivity index (χ0n) is 16.6. The molecule has 1 aromatic heterocycles. The molecule has 7 heteroatoms. The molecular weight excluding hydrogens is 361 g/mol. The zero-order valence-corrected chi connectivity index (χ0v) is 16.6. The maximum Gasteiger partial charge on any atom is 0.229 e. The highest BCUT2D eigenvalue weighted by Gasteiger charge is 2.27. The molecule has 0 unspecified atom stereocenters. The lowest BCUT2D eigenvalue weighted by Gasteiger charge is -2.39. The third kappa shape index (κ3) is 4.21. The predicted octanol–water partition coefficient (Wildman–Crippen LogP) is 3.09. The third-order valence-electron chi connectivity index (χ3n) is 5.79. The second-order valence-corrected chi connectivity index (χ2v) is 7.52. The number of oxazole rings is 1. The smallest absolute Gasteiger partial charge is 0.229 e. The number of aryl methyl sites for hydroxylation is 1. The van der Waals surface area contributed by atoms with Gasteiger partial charge in [0.2, 0.25) is 5.89 Å². The molecule has 2 fully saturated rings. The van der Waals surface area contributed by atoms with Gasteiger partial charge in [0.1, 0.15) is 17.3 Å². The second-order valence-electron chi connectivity index (χ2n) is 7.52. The van der Waals surface area contributed by atoms with Crippen LogP contribution in [0.1, 0.15) is 24.3 Å². The SMILES string of the molecule is COc1ccc(-c2nc(CN3CCC(N4CCOCC4)CC3)c(C)o2)c(F)c1. The van der Waals surface area contributed by atoms with Crippen LogP contribution in [0, 0.1) is 12.7 Å². The van der Waals surface area contributed by atoms with Gasteiger partial charge in [-0.1, -0.05) is 0 Å². The first-order valence-corrected chi connectivity index (χ1v) is 9.98. The van der Waals surface area contributed by atoms with Gasteiger partial charge in [0.05, 0.1) is 31.6 Å². The number of hydrogen-bond donors (Lipinski definition) is 0. The van der Waals surface area contributed by atoms with Gasteiger partial charge in [0.15, 0.2) is 0 Å². The number of hydrogen-bond acceptors (Lipinski definition) is 6. The van der Waals surface area contributed by atoms with E-state index in [-0.39, 0.29) is 0 Å². The van der Waals surface area contributed by atoms with Crippen LogP contribution in [0.3, 0.4) is 0 Å². The van der Waals surface area contributed by atoms with Crippen molar-refractivity contribution in [1.29, 1.82) is 0 Å². The van der Waals surface area contributed by atoms with Crippen LogP contribution in [0.5, 0.6) is 5.75 Å². The standard InChI is InChI=1S/C21H28FN3O3/c1-15-20(23-21(28-15)18-4-3-17(26-2)13-19(18)22)14-24-7-5-16(6-8-24)25-9-11-27-12-10-25/h3-4,13,16H,5-12,14H2,1-2H3. The summed E-state index contributed by atoms with van der Waals surface area (Å²) in [5, 5.41) is 0. The van der Waals surface area contributed by atoms with Crippen molar-refractivity contribution in [1.82, 2.24) is 14.8 Å². The Labute approximate surface area is 165 Å². The quantitative estimate of drug-likeness (QED) is 0.783. The summed E-state index contributed by atoms with van der Waals surface area (Å²) in [4.78, 5) is 9.56. The molecule has 28 heavy (non-hydrogen) atoms. The van der Waals surface area contributed by atoms with Crippen molar-refractivity contribution in [3.05, 3.63) is 35.5 Å². The molecule has 0 N–H and O–H groups in total. The number of nitrogens with zero attached hydrogens (tertiary/aromatic N) is 3. The van der Waals surface area contributed by atoms with Crippen LogP contribution < -0.4 is 4.74 Å². The van der Waals surface area contributed by atoms with Gasteiger partial charge in [-0.3, -0.25) is 9.80 Å². The van der Waals surface area contributed by atoms with Gasteiger partial charge < -0.3 is 13.9 Å². The molecule has 2 aromatic rings. The molecule has 152 valence electrons. The molecule has 4 rings (SSSR count). The van der Waals surface area contributed by atoms with E-state index < -0.39 is 5.82 Å². The van der Waals surface area contributed by atoms with Crippen molar-refractivity contribution < 1.29 is 18.3 Å². The average molecular weight is 389 g/mol. The Kier molecular flexibility index (Phi) is 5.94. The number of methoxy groups -OCH3 is 1. The lowest BCUT2D eigenvalue weighted by Crippen LogP contribution is -2.48. The summed E-state index contributed by atoms with van der Waals surface area (Å²) in [6.07, 6.45) is 2.33. The number of morpholine rings is 1. The van der Waals surface area contributed by atoms with Crippen LogP contribution in [0.15, 0.2) is 22.6 Å². The highest BCUT2D eigenvalue weighted by molar-refractivity contribution is 5.56. The van der Waals surface area contributed by atoms with Crippen molar-refractivity contribution in [3.8, 4) is 17.2 Å². The molecule has 0 bridgehead atoms. The predicted molar refractivity (Wildman–Crippen MR) is 104 cm³/mol. The molecule has 0 aliphatic carbocycles. The number of likely N-dealkylation sites (tertiary alicyclic amines) is 1. The minimum Gasteiger partial charge on any atom is -0.497 e. The van der Waals surface area contributed by atoms with Crippen molar-refractivity contribution in [2.45, 2.75) is 32.4 Å². The van der Waals surface area contributed by atoms with Gasteiger partial charge in [0, 0.05) is 44.8 Å². The van der Waals surface area contributed by atoms with Crippen LogP contribution in [0.4, 0.5) is 4.39 Å². The largest absolute Gasteiger partial charge is 0.497 e. The maximum atomic E-state index is 14.3. The lowest BCUT2D eigenvalue weighted by atomic mass is 10.0. The summed E-state index contributed by atoms with van der Waals surface area (Å²) >= 11 is 0.